The molecule has 0 aromatic heterocycles. The summed E-state index contributed by atoms with van der Waals surface area (Å²) in [6.07, 6.45) is 3.75. The summed E-state index contributed by atoms with van der Waals surface area (Å²) >= 11 is 3.32. The molecular weight excluding hydrogens is 442 g/mol. The summed E-state index contributed by atoms with van der Waals surface area (Å²) in [4.78, 5) is 16.7. The molecule has 8 heteroatoms. The molecule has 2 aromatic rings. The number of amides is 1. The van der Waals surface area contributed by atoms with Crippen LogP contribution in [0.25, 0.3) is 0 Å². The third kappa shape index (κ3) is 4.92. The fourth-order valence-corrected chi connectivity index (χ4v) is 4.32. The summed E-state index contributed by atoms with van der Waals surface area (Å²) in [6, 6.07) is 12.4. The first-order valence-corrected chi connectivity index (χ1v) is 11.5. The van der Waals surface area contributed by atoms with Crippen LogP contribution in [-0.4, -0.2) is 39.4 Å². The van der Waals surface area contributed by atoms with Crippen LogP contribution in [0.1, 0.15) is 35.2 Å². The number of hydrogen-bond acceptors (Lipinski definition) is 4. The van der Waals surface area contributed by atoms with E-state index >= 15 is 0 Å². The fraction of sp³-hybridized carbons (Fsp3) is 0.350. The van der Waals surface area contributed by atoms with Crippen LogP contribution in [0.5, 0.6) is 0 Å². The molecule has 0 radical (unpaired) electrons. The molecule has 0 spiro atoms. The highest BCUT2D eigenvalue weighted by atomic mass is 79.9. The Morgan fingerprint density at radius 2 is 1.75 bits per heavy atom. The van der Waals surface area contributed by atoms with E-state index in [2.05, 4.69) is 33.0 Å². The van der Waals surface area contributed by atoms with Gasteiger partial charge >= 0.3 is 0 Å². The Morgan fingerprint density at radius 3 is 2.36 bits per heavy atom. The van der Waals surface area contributed by atoms with Crippen LogP contribution in [0.4, 0.5) is 5.69 Å². The minimum Gasteiger partial charge on any atom is -0.372 e. The average molecular weight is 466 g/mol. The van der Waals surface area contributed by atoms with Gasteiger partial charge in [0.2, 0.25) is 10.0 Å². The average Bonchev–Trinajstić information content (AvgIpc) is 2.68. The van der Waals surface area contributed by atoms with Gasteiger partial charge in [0.15, 0.2) is 0 Å². The van der Waals surface area contributed by atoms with Crippen LogP contribution in [0.3, 0.4) is 0 Å². The van der Waals surface area contributed by atoms with Gasteiger partial charge in [-0.05, 0) is 71.1 Å². The molecular formula is C20H24BrN3O3S. The number of nitrogens with zero attached hydrogens (tertiary/aromatic N) is 2. The highest BCUT2D eigenvalue weighted by Crippen LogP contribution is 2.24. The highest BCUT2D eigenvalue weighted by molar-refractivity contribution is 9.10. The highest BCUT2D eigenvalue weighted by Gasteiger charge is 2.19. The zero-order valence-electron chi connectivity index (χ0n) is 15.8. The number of sulfonamides is 1. The summed E-state index contributed by atoms with van der Waals surface area (Å²) in [5, 5.41) is 5.18. The maximum Gasteiger partial charge on any atom is 0.255 e. The lowest BCUT2D eigenvalue weighted by atomic mass is 10.1. The summed E-state index contributed by atoms with van der Waals surface area (Å²) < 4.78 is 23.7. The number of carbonyl (C=O) groups excluding carboxylic acids is 1. The Labute approximate surface area is 174 Å². The smallest absolute Gasteiger partial charge is 0.255 e. The zero-order valence-corrected chi connectivity index (χ0v) is 18.2. The number of benzene rings is 2. The molecule has 3 rings (SSSR count). The number of nitrogens with two attached hydrogens (primary N) is 1. The van der Waals surface area contributed by atoms with E-state index in [1.54, 1.807) is 11.9 Å². The molecule has 2 aromatic carbocycles. The molecule has 1 amide bonds. The van der Waals surface area contributed by atoms with Crippen molar-refractivity contribution in [1.29, 1.82) is 0 Å². The van der Waals surface area contributed by atoms with E-state index in [0.717, 1.165) is 18.7 Å². The van der Waals surface area contributed by atoms with Gasteiger partial charge in [-0.3, -0.25) is 4.79 Å². The molecule has 1 aliphatic rings. The molecule has 0 aliphatic carbocycles. The molecule has 150 valence electrons. The van der Waals surface area contributed by atoms with E-state index in [1.165, 1.54) is 43.1 Å². The van der Waals surface area contributed by atoms with Crippen molar-refractivity contribution in [1.82, 2.24) is 4.90 Å². The van der Waals surface area contributed by atoms with E-state index in [4.69, 9.17) is 5.14 Å². The second-order valence-corrected chi connectivity index (χ2v) is 9.48. The van der Waals surface area contributed by atoms with Crippen molar-refractivity contribution in [3.8, 4) is 0 Å². The van der Waals surface area contributed by atoms with E-state index < -0.39 is 10.0 Å². The maximum absolute atomic E-state index is 12.8. The second kappa shape index (κ2) is 8.63. The normalized spacial score (nSPS) is 14.8. The predicted molar refractivity (Wildman–Crippen MR) is 114 cm³/mol. The first-order chi connectivity index (χ1) is 13.3. The molecule has 1 aliphatic heterocycles. The lowest BCUT2D eigenvalue weighted by Gasteiger charge is -2.29. The number of hydrogen-bond donors (Lipinski definition) is 1. The molecule has 6 nitrogen and oxygen atoms in total. The van der Waals surface area contributed by atoms with Gasteiger partial charge in [0.05, 0.1) is 10.5 Å². The van der Waals surface area contributed by atoms with Crippen molar-refractivity contribution in [2.75, 3.05) is 25.0 Å². The molecule has 1 saturated heterocycles. The van der Waals surface area contributed by atoms with Gasteiger partial charge in [0.1, 0.15) is 0 Å². The minimum absolute atomic E-state index is 0.0849. The number of anilines is 1. The monoisotopic (exact) mass is 465 g/mol. The zero-order chi connectivity index (χ0) is 20.3. The Bertz CT molecular complexity index is 955. The number of rotatable bonds is 5. The van der Waals surface area contributed by atoms with Crippen molar-refractivity contribution in [3.63, 3.8) is 0 Å². The van der Waals surface area contributed by atoms with Crippen molar-refractivity contribution in [2.45, 2.75) is 30.7 Å². The van der Waals surface area contributed by atoms with Crippen molar-refractivity contribution < 1.29 is 13.2 Å². The summed E-state index contributed by atoms with van der Waals surface area (Å²) in [5.74, 6) is -0.280. The second-order valence-electron chi connectivity index (χ2n) is 7.06. The van der Waals surface area contributed by atoms with E-state index in [-0.39, 0.29) is 16.4 Å². The topological polar surface area (TPSA) is 83.7 Å². The largest absolute Gasteiger partial charge is 0.372 e. The lowest BCUT2D eigenvalue weighted by Crippen LogP contribution is -2.29. The minimum atomic E-state index is -3.87. The van der Waals surface area contributed by atoms with Gasteiger partial charge in [0.25, 0.3) is 5.91 Å². The van der Waals surface area contributed by atoms with Crippen LogP contribution in [0.2, 0.25) is 0 Å². The number of primary sulfonamides is 1. The molecule has 0 bridgehead atoms. The molecule has 0 saturated carbocycles. The number of piperidine rings is 1. The van der Waals surface area contributed by atoms with Gasteiger partial charge in [-0.15, -0.1) is 0 Å². The first kappa shape index (κ1) is 20.8. The van der Waals surface area contributed by atoms with Crippen LogP contribution in [-0.2, 0) is 16.6 Å². The first-order valence-electron chi connectivity index (χ1n) is 9.17. The number of halogens is 1. The fourth-order valence-electron chi connectivity index (χ4n) is 3.36. The van der Waals surface area contributed by atoms with E-state index in [9.17, 15) is 13.2 Å². The molecule has 0 atom stereocenters. The van der Waals surface area contributed by atoms with Gasteiger partial charge in [-0.25, -0.2) is 13.6 Å². The summed E-state index contributed by atoms with van der Waals surface area (Å²) in [6.45, 7) is 2.60. The standard InChI is InChI=1S/C20H24BrN3O3S/c1-23(20(25)18-13-17(28(22,26)27)9-10-19(18)21)14-15-5-7-16(8-6-15)24-11-3-2-4-12-24/h5-10,13H,2-4,11-12,14H2,1H3,(H2,22,26,27). The molecule has 0 unspecified atom stereocenters. The van der Waals surface area contributed by atoms with Crippen molar-refractivity contribution >= 4 is 37.5 Å². The molecule has 28 heavy (non-hydrogen) atoms. The lowest BCUT2D eigenvalue weighted by molar-refractivity contribution is 0.0784. The van der Waals surface area contributed by atoms with Gasteiger partial charge in [-0.1, -0.05) is 12.1 Å². The predicted octanol–water partition coefficient (Wildman–Crippen LogP) is 3.36. The van der Waals surface area contributed by atoms with Gasteiger partial charge in [-0.2, -0.15) is 0 Å². The SMILES string of the molecule is CN(Cc1ccc(N2CCCCC2)cc1)C(=O)c1cc(S(N)(=O)=O)ccc1Br. The van der Waals surface area contributed by atoms with Gasteiger partial charge < -0.3 is 9.80 Å². The Morgan fingerprint density at radius 1 is 1.11 bits per heavy atom. The maximum atomic E-state index is 12.8. The number of carbonyl (C=O) groups is 1. The Kier molecular flexibility index (Phi) is 6.42. The quantitative estimate of drug-likeness (QED) is 0.733. The van der Waals surface area contributed by atoms with Crippen LogP contribution < -0.4 is 10.0 Å². The van der Waals surface area contributed by atoms with Crippen LogP contribution >= 0.6 is 15.9 Å². The molecule has 1 fully saturated rings. The van der Waals surface area contributed by atoms with Gasteiger partial charge in [0, 0.05) is 36.8 Å². The third-order valence-corrected chi connectivity index (χ3v) is 6.52. The van der Waals surface area contributed by atoms with Crippen LogP contribution in [0, 0.1) is 0 Å². The Balaban J connectivity index is 1.72. The van der Waals surface area contributed by atoms with E-state index in [1.807, 2.05) is 12.1 Å². The van der Waals surface area contributed by atoms with E-state index in [0.29, 0.717) is 11.0 Å². The van der Waals surface area contributed by atoms with Crippen molar-refractivity contribution in [3.05, 3.63) is 58.1 Å². The summed E-state index contributed by atoms with van der Waals surface area (Å²) in [5.41, 5.74) is 2.48. The molecule has 2 N–H and O–H groups in total. The third-order valence-electron chi connectivity index (χ3n) is 4.92. The van der Waals surface area contributed by atoms with Crippen molar-refractivity contribution in [2.24, 2.45) is 5.14 Å². The van der Waals surface area contributed by atoms with Crippen LogP contribution in [0.15, 0.2) is 51.8 Å². The summed E-state index contributed by atoms with van der Waals surface area (Å²) in [7, 11) is -2.18. The molecule has 1 heterocycles. The Hall–Kier alpha value is -1.90.